The normalized spacial score (nSPS) is 13.3. The number of alkyl halides is 3. The molecule has 0 aliphatic carbocycles. The number of amides is 1. The third-order valence-corrected chi connectivity index (χ3v) is 4.16. The summed E-state index contributed by atoms with van der Waals surface area (Å²) in [6, 6.07) is 6.06. The highest BCUT2D eigenvalue weighted by Crippen LogP contribution is 2.17. The largest absolute Gasteiger partial charge is 0.542 e. The molecule has 0 aliphatic heterocycles. The molecule has 1 amide bonds. The Labute approximate surface area is 185 Å². The molecule has 14 heteroatoms. The van der Waals surface area contributed by atoms with Crippen LogP contribution in [0.15, 0.2) is 30.3 Å². The number of esters is 2. The lowest BCUT2D eigenvalue weighted by Crippen LogP contribution is -2.72. The van der Waals surface area contributed by atoms with Crippen molar-refractivity contribution in [3.8, 4) is 0 Å². The number of aliphatic carboxylic acids is 2. The van der Waals surface area contributed by atoms with E-state index < -0.39 is 54.0 Å². The van der Waals surface area contributed by atoms with Crippen molar-refractivity contribution >= 4 is 29.8 Å². The summed E-state index contributed by atoms with van der Waals surface area (Å²) in [5.41, 5.74) is 4.19. The number of nitrogens with zero attached hydrogens (tertiary/aromatic N) is 1. The topological polar surface area (TPSA) is 178 Å². The zero-order chi connectivity index (χ0) is 25.9. The number of carbonyl (C=O) groups excluding carboxylic acids is 4. The minimum Gasteiger partial charge on any atom is -0.542 e. The van der Waals surface area contributed by atoms with E-state index in [1.54, 1.807) is 30.3 Å². The molecule has 1 aromatic rings. The van der Waals surface area contributed by atoms with E-state index in [1.807, 2.05) is 0 Å². The average molecular weight is 480 g/mol. The molecular weight excluding hydrogens is 457 g/mol. The van der Waals surface area contributed by atoms with Crippen LogP contribution < -0.4 is 10.8 Å². The average Bonchev–Trinajstić information content (AvgIpc) is 2.76. The molecule has 0 aromatic heterocycles. The molecule has 0 bridgehead atoms. The molecule has 0 fully saturated rings. The Hall–Kier alpha value is -3.68. The van der Waals surface area contributed by atoms with Gasteiger partial charge in [-0.05, 0) is 12.5 Å². The van der Waals surface area contributed by atoms with Gasteiger partial charge in [-0.3, -0.25) is 9.59 Å². The molecule has 3 atom stereocenters. The molecule has 0 heterocycles. The van der Waals surface area contributed by atoms with Crippen molar-refractivity contribution in [3.05, 3.63) is 35.9 Å². The lowest BCUT2D eigenvalue weighted by atomic mass is 9.97. The summed E-state index contributed by atoms with van der Waals surface area (Å²) in [5.74, 6) is -8.62. The van der Waals surface area contributed by atoms with Crippen LogP contribution in [-0.2, 0) is 40.0 Å². The number of hydrogen-bond donors (Lipinski definition) is 2. The Morgan fingerprint density at radius 1 is 1.06 bits per heavy atom. The second kappa shape index (κ2) is 13.0. The number of rotatable bonds is 8. The van der Waals surface area contributed by atoms with E-state index in [0.717, 1.165) is 19.1 Å². The number of ether oxygens (including phenoxy) is 2. The molecule has 4 N–H and O–H groups in total. The number of benzene rings is 1. The van der Waals surface area contributed by atoms with Gasteiger partial charge in [-0.1, -0.05) is 30.3 Å². The van der Waals surface area contributed by atoms with Crippen LogP contribution in [0.25, 0.3) is 0 Å². The van der Waals surface area contributed by atoms with E-state index in [2.05, 4.69) is 15.2 Å². The maximum absolute atomic E-state index is 13.0. The smallest absolute Gasteiger partial charge is 0.430 e. The number of methoxy groups -OCH3 is 2. The van der Waals surface area contributed by atoms with Crippen molar-refractivity contribution in [2.75, 3.05) is 14.2 Å². The lowest BCUT2D eigenvalue weighted by Gasteiger charge is -2.30. The molecule has 184 valence electrons. The number of halogens is 3. The maximum atomic E-state index is 13.0. The Bertz CT molecular complexity index is 847. The molecule has 0 saturated heterocycles. The highest BCUT2D eigenvalue weighted by atomic mass is 19.4. The third kappa shape index (κ3) is 9.14. The second-order valence-corrected chi connectivity index (χ2v) is 6.38. The van der Waals surface area contributed by atoms with Crippen LogP contribution in [0.4, 0.5) is 13.2 Å². The number of carboxylic acids is 2. The van der Waals surface area contributed by atoms with E-state index in [-0.39, 0.29) is 6.54 Å². The quantitative estimate of drug-likeness (QED) is 0.326. The van der Waals surface area contributed by atoms with Crippen LogP contribution in [-0.4, -0.2) is 72.3 Å². The highest BCUT2D eigenvalue weighted by Gasteiger charge is 2.45. The summed E-state index contributed by atoms with van der Waals surface area (Å²) in [6.45, 7) is 1.25. The first kappa shape index (κ1) is 29.3. The van der Waals surface area contributed by atoms with Gasteiger partial charge in [-0.15, -0.1) is 0 Å². The third-order valence-electron chi connectivity index (χ3n) is 4.16. The van der Waals surface area contributed by atoms with Crippen molar-refractivity contribution in [1.29, 1.82) is 0 Å². The van der Waals surface area contributed by atoms with Gasteiger partial charge < -0.3 is 35.1 Å². The summed E-state index contributed by atoms with van der Waals surface area (Å²) >= 11 is 0. The predicted molar refractivity (Wildman–Crippen MR) is 99.3 cm³/mol. The minimum absolute atomic E-state index is 0.0610. The van der Waals surface area contributed by atoms with E-state index >= 15 is 0 Å². The standard InChI is InChI=1S/C17H22N2O7.C2HF3O2/c1-10(15(21)22)19(9-11-7-5-4-6-8-11)14(20)12(16(23)25-2)13(18)17(24)26-3;3-2(4,5)1(6)7/h4-8,10,12-13H,9,18H2,1-3H3,(H,21,22);(H,6,7). The molecule has 1 aromatic carbocycles. The van der Waals surface area contributed by atoms with Gasteiger partial charge in [-0.2, -0.15) is 13.2 Å². The van der Waals surface area contributed by atoms with Gasteiger partial charge >= 0.3 is 24.1 Å². The zero-order valence-electron chi connectivity index (χ0n) is 17.8. The van der Waals surface area contributed by atoms with Crippen LogP contribution in [0.1, 0.15) is 12.5 Å². The van der Waals surface area contributed by atoms with E-state index in [1.165, 1.54) is 6.92 Å². The number of hydrogen-bond acceptors (Lipinski definition) is 8. The molecule has 3 unspecified atom stereocenters. The fourth-order valence-electron chi connectivity index (χ4n) is 2.35. The van der Waals surface area contributed by atoms with E-state index in [4.69, 9.17) is 9.90 Å². The molecule has 0 spiro atoms. The fraction of sp³-hybridized carbons (Fsp3) is 0.421. The number of carboxylic acid groups (broad SMARTS) is 2. The van der Waals surface area contributed by atoms with Crippen molar-refractivity contribution in [2.24, 2.45) is 5.92 Å². The molecule has 0 aliphatic rings. The van der Waals surface area contributed by atoms with Gasteiger partial charge in [-0.25, -0.2) is 9.59 Å². The van der Waals surface area contributed by atoms with Gasteiger partial charge in [0.15, 0.2) is 5.92 Å². The van der Waals surface area contributed by atoms with Crippen molar-refractivity contribution in [2.45, 2.75) is 31.7 Å². The van der Waals surface area contributed by atoms with E-state index in [9.17, 15) is 37.5 Å². The lowest BCUT2D eigenvalue weighted by molar-refractivity contribution is -0.415. The van der Waals surface area contributed by atoms with Crippen LogP contribution in [0.5, 0.6) is 0 Å². The second-order valence-electron chi connectivity index (χ2n) is 6.38. The Balaban J connectivity index is 0.00000126. The monoisotopic (exact) mass is 480 g/mol. The molecule has 33 heavy (non-hydrogen) atoms. The summed E-state index contributed by atoms with van der Waals surface area (Å²) in [5, 5.41) is 18.1. The maximum Gasteiger partial charge on any atom is 0.430 e. The molecule has 0 radical (unpaired) electrons. The highest BCUT2D eigenvalue weighted by molar-refractivity contribution is 6.03. The molecule has 0 saturated carbocycles. The Morgan fingerprint density at radius 2 is 1.52 bits per heavy atom. The van der Waals surface area contributed by atoms with Gasteiger partial charge in [0.1, 0.15) is 12.0 Å². The van der Waals surface area contributed by atoms with Gasteiger partial charge in [0.05, 0.1) is 14.2 Å². The minimum atomic E-state index is -5.19. The molecular formula is C19H23F3N2O9. The van der Waals surface area contributed by atoms with E-state index in [0.29, 0.717) is 5.56 Å². The number of carbonyl (C=O) groups is 5. The molecule has 11 nitrogen and oxygen atoms in total. The van der Waals surface area contributed by atoms with Crippen LogP contribution >= 0.6 is 0 Å². The van der Waals surface area contributed by atoms with Crippen molar-refractivity contribution < 1.29 is 62.6 Å². The first-order chi connectivity index (χ1) is 15.2. The first-order valence-corrected chi connectivity index (χ1v) is 9.03. The summed E-state index contributed by atoms with van der Waals surface area (Å²) in [6.07, 6.45) is -5.19. The van der Waals surface area contributed by atoms with Gasteiger partial charge in [0.2, 0.25) is 11.9 Å². The van der Waals surface area contributed by atoms with Gasteiger partial charge in [0.25, 0.3) is 0 Å². The number of quaternary nitrogens is 1. The van der Waals surface area contributed by atoms with Crippen molar-refractivity contribution in [3.63, 3.8) is 0 Å². The Kier molecular flexibility index (Phi) is 11.6. The van der Waals surface area contributed by atoms with Crippen LogP contribution in [0, 0.1) is 5.92 Å². The first-order valence-electron chi connectivity index (χ1n) is 9.03. The van der Waals surface area contributed by atoms with Crippen LogP contribution in [0.2, 0.25) is 0 Å². The summed E-state index contributed by atoms with van der Waals surface area (Å²) < 4.78 is 40.7. The summed E-state index contributed by atoms with van der Waals surface area (Å²) in [4.78, 5) is 58.1. The Morgan fingerprint density at radius 3 is 1.88 bits per heavy atom. The fourth-order valence-corrected chi connectivity index (χ4v) is 2.35. The zero-order valence-corrected chi connectivity index (χ0v) is 17.8. The van der Waals surface area contributed by atoms with Gasteiger partial charge in [0, 0.05) is 6.54 Å². The summed E-state index contributed by atoms with van der Waals surface area (Å²) in [7, 11) is 2.16. The molecule has 1 rings (SSSR count). The van der Waals surface area contributed by atoms with Crippen LogP contribution in [0.3, 0.4) is 0 Å². The predicted octanol–water partition coefficient (Wildman–Crippen LogP) is -1.64. The van der Waals surface area contributed by atoms with Crippen molar-refractivity contribution in [1.82, 2.24) is 4.90 Å². The SMILES string of the molecule is COC(=O)C([NH3+])C(C(=O)OC)C(=O)N(Cc1ccccc1)C(C)C(=O)O.O=C([O-])C(F)(F)F.